The number of ether oxygens (including phenoxy) is 1. The van der Waals surface area contributed by atoms with Gasteiger partial charge in [-0.15, -0.1) is 0 Å². The van der Waals surface area contributed by atoms with Gasteiger partial charge in [-0.2, -0.15) is 0 Å². The lowest BCUT2D eigenvalue weighted by Gasteiger charge is -2.08. The Bertz CT molecular complexity index is 695. The average molecular weight is 279 g/mol. The fourth-order valence-electron chi connectivity index (χ4n) is 2.15. The van der Waals surface area contributed by atoms with Gasteiger partial charge in [0.05, 0.1) is 18.7 Å². The molecule has 21 heavy (non-hydrogen) atoms. The molecule has 1 N–H and O–H groups in total. The van der Waals surface area contributed by atoms with E-state index in [1.54, 1.807) is 6.33 Å². The van der Waals surface area contributed by atoms with Crippen molar-refractivity contribution >= 4 is 16.7 Å². The summed E-state index contributed by atoms with van der Waals surface area (Å²) in [6.45, 7) is 1.98. The number of anilines is 1. The van der Waals surface area contributed by atoms with Gasteiger partial charge < -0.3 is 10.1 Å². The zero-order chi connectivity index (χ0) is 14.3. The molecule has 0 unspecified atom stereocenters. The number of fused-ring (bicyclic) bond motifs is 1. The summed E-state index contributed by atoms with van der Waals surface area (Å²) in [5, 5.41) is 4.33. The Balaban J connectivity index is 1.51. The first-order valence-corrected chi connectivity index (χ1v) is 6.99. The summed E-state index contributed by atoms with van der Waals surface area (Å²) in [5.41, 5.74) is 2.13. The maximum absolute atomic E-state index is 5.65. The highest BCUT2D eigenvalue weighted by Gasteiger charge is 2.01. The van der Waals surface area contributed by atoms with Gasteiger partial charge in [-0.3, -0.25) is 0 Å². The summed E-state index contributed by atoms with van der Waals surface area (Å²) in [6.07, 6.45) is 1.58. The highest BCUT2D eigenvalue weighted by molar-refractivity contribution is 5.88. The third-order valence-electron chi connectivity index (χ3n) is 3.19. The van der Waals surface area contributed by atoms with Gasteiger partial charge in [0.15, 0.2) is 0 Å². The van der Waals surface area contributed by atoms with E-state index in [2.05, 4.69) is 27.4 Å². The molecule has 0 fully saturated rings. The van der Waals surface area contributed by atoms with Crippen LogP contribution in [0.4, 0.5) is 5.82 Å². The highest BCUT2D eigenvalue weighted by Crippen LogP contribution is 2.17. The standard InChI is InChI=1S/C17H17N3O/c1-2-6-14(7-3-1)12-21-11-10-18-17-15-8-4-5-9-16(15)19-13-20-17/h1-9,13H,10-12H2,(H,18,19,20). The Hall–Kier alpha value is -2.46. The molecule has 0 bridgehead atoms. The van der Waals surface area contributed by atoms with Crippen molar-refractivity contribution in [1.82, 2.24) is 9.97 Å². The maximum Gasteiger partial charge on any atom is 0.137 e. The van der Waals surface area contributed by atoms with Crippen molar-refractivity contribution in [2.45, 2.75) is 6.61 Å². The number of rotatable bonds is 6. The van der Waals surface area contributed by atoms with Crippen LogP contribution in [0.25, 0.3) is 10.9 Å². The maximum atomic E-state index is 5.65. The van der Waals surface area contributed by atoms with E-state index < -0.39 is 0 Å². The predicted octanol–water partition coefficient (Wildman–Crippen LogP) is 3.26. The molecule has 2 aromatic carbocycles. The van der Waals surface area contributed by atoms with Gasteiger partial charge >= 0.3 is 0 Å². The van der Waals surface area contributed by atoms with Crippen LogP contribution in [-0.2, 0) is 11.3 Å². The third-order valence-corrected chi connectivity index (χ3v) is 3.19. The number of hydrogen-bond acceptors (Lipinski definition) is 4. The molecule has 4 heteroatoms. The molecule has 3 rings (SSSR count). The van der Waals surface area contributed by atoms with Crippen molar-refractivity contribution in [1.29, 1.82) is 0 Å². The monoisotopic (exact) mass is 279 g/mol. The van der Waals surface area contributed by atoms with Crippen LogP contribution in [0.1, 0.15) is 5.56 Å². The summed E-state index contributed by atoms with van der Waals surface area (Å²) in [6, 6.07) is 18.1. The minimum Gasteiger partial charge on any atom is -0.375 e. The van der Waals surface area contributed by atoms with Gasteiger partial charge in [-0.25, -0.2) is 9.97 Å². The van der Waals surface area contributed by atoms with Gasteiger partial charge in [0, 0.05) is 11.9 Å². The molecule has 0 amide bonds. The van der Waals surface area contributed by atoms with Gasteiger partial charge in [0.2, 0.25) is 0 Å². The molecule has 0 aliphatic carbocycles. The lowest BCUT2D eigenvalue weighted by atomic mass is 10.2. The van der Waals surface area contributed by atoms with Gasteiger partial charge in [0.1, 0.15) is 12.1 Å². The summed E-state index contributed by atoms with van der Waals surface area (Å²) in [7, 11) is 0. The second kappa shape index (κ2) is 6.81. The first-order chi connectivity index (χ1) is 10.4. The Morgan fingerprint density at radius 3 is 2.62 bits per heavy atom. The zero-order valence-corrected chi connectivity index (χ0v) is 11.7. The second-order valence-electron chi connectivity index (χ2n) is 4.70. The molecule has 1 aromatic heterocycles. The number of benzene rings is 2. The summed E-state index contributed by atoms with van der Waals surface area (Å²) in [5.74, 6) is 0.851. The fourth-order valence-corrected chi connectivity index (χ4v) is 2.15. The number of hydrogen-bond donors (Lipinski definition) is 1. The lowest BCUT2D eigenvalue weighted by molar-refractivity contribution is 0.130. The van der Waals surface area contributed by atoms with Crippen LogP contribution >= 0.6 is 0 Å². The number of nitrogens with one attached hydrogen (secondary N) is 1. The quantitative estimate of drug-likeness (QED) is 0.704. The molecule has 0 saturated carbocycles. The van der Waals surface area contributed by atoms with Crippen molar-refractivity contribution in [2.24, 2.45) is 0 Å². The summed E-state index contributed by atoms with van der Waals surface area (Å²) >= 11 is 0. The van der Waals surface area contributed by atoms with E-state index in [4.69, 9.17) is 4.74 Å². The van der Waals surface area contributed by atoms with Crippen molar-refractivity contribution in [3.05, 3.63) is 66.5 Å². The normalized spacial score (nSPS) is 10.7. The molecule has 1 heterocycles. The van der Waals surface area contributed by atoms with Gasteiger partial charge in [-0.1, -0.05) is 42.5 Å². The molecule has 0 aliphatic heterocycles. The van der Waals surface area contributed by atoms with E-state index in [1.165, 1.54) is 5.56 Å². The van der Waals surface area contributed by atoms with Crippen molar-refractivity contribution < 1.29 is 4.74 Å². The highest BCUT2D eigenvalue weighted by atomic mass is 16.5. The van der Waals surface area contributed by atoms with Gasteiger partial charge in [0.25, 0.3) is 0 Å². The second-order valence-corrected chi connectivity index (χ2v) is 4.70. The molecule has 0 atom stereocenters. The molecule has 106 valence electrons. The van der Waals surface area contributed by atoms with Crippen LogP contribution < -0.4 is 5.32 Å². The molecule has 4 nitrogen and oxygen atoms in total. The summed E-state index contributed by atoms with van der Waals surface area (Å²) < 4.78 is 5.65. The topological polar surface area (TPSA) is 47.0 Å². The Kier molecular flexibility index (Phi) is 4.39. The largest absolute Gasteiger partial charge is 0.375 e. The molecule has 3 aromatic rings. The molecule has 0 saturated heterocycles. The van der Waals surface area contributed by atoms with Crippen molar-refractivity contribution in [3.8, 4) is 0 Å². The first kappa shape index (κ1) is 13.5. The van der Waals surface area contributed by atoms with Crippen LogP contribution in [0.15, 0.2) is 60.9 Å². The van der Waals surface area contributed by atoms with E-state index in [0.29, 0.717) is 19.8 Å². The predicted molar refractivity (Wildman–Crippen MR) is 84.1 cm³/mol. The number of nitrogens with zero attached hydrogens (tertiary/aromatic N) is 2. The minimum absolute atomic E-state index is 0.632. The van der Waals surface area contributed by atoms with E-state index in [9.17, 15) is 0 Å². The number of para-hydroxylation sites is 1. The zero-order valence-electron chi connectivity index (χ0n) is 11.7. The smallest absolute Gasteiger partial charge is 0.137 e. The molecule has 0 radical (unpaired) electrons. The lowest BCUT2D eigenvalue weighted by Crippen LogP contribution is -2.10. The SMILES string of the molecule is c1ccc(COCCNc2ncnc3ccccc23)cc1. The Labute approximate surface area is 123 Å². The fraction of sp³-hybridized carbons (Fsp3) is 0.176. The molecular formula is C17H17N3O. The summed E-state index contributed by atoms with van der Waals surface area (Å²) in [4.78, 5) is 8.53. The molecular weight excluding hydrogens is 262 g/mol. The van der Waals surface area contributed by atoms with Crippen LogP contribution in [0.3, 0.4) is 0 Å². The van der Waals surface area contributed by atoms with Crippen LogP contribution in [0, 0.1) is 0 Å². The minimum atomic E-state index is 0.632. The van der Waals surface area contributed by atoms with Crippen LogP contribution in [0.5, 0.6) is 0 Å². The van der Waals surface area contributed by atoms with Crippen LogP contribution in [0.2, 0.25) is 0 Å². The Morgan fingerprint density at radius 2 is 1.71 bits per heavy atom. The molecule has 0 spiro atoms. The number of aromatic nitrogens is 2. The van der Waals surface area contributed by atoms with Gasteiger partial charge in [-0.05, 0) is 17.7 Å². The van der Waals surface area contributed by atoms with E-state index in [1.807, 2.05) is 42.5 Å². The third kappa shape index (κ3) is 3.55. The van der Waals surface area contributed by atoms with E-state index in [0.717, 1.165) is 16.7 Å². The average Bonchev–Trinajstić information content (AvgIpc) is 2.56. The molecule has 0 aliphatic rings. The van der Waals surface area contributed by atoms with Crippen molar-refractivity contribution in [3.63, 3.8) is 0 Å². The Morgan fingerprint density at radius 1 is 0.905 bits per heavy atom. The van der Waals surface area contributed by atoms with Crippen molar-refractivity contribution in [2.75, 3.05) is 18.5 Å². The first-order valence-electron chi connectivity index (χ1n) is 6.99. The van der Waals surface area contributed by atoms with E-state index >= 15 is 0 Å². The van der Waals surface area contributed by atoms with Crippen LogP contribution in [-0.4, -0.2) is 23.1 Å². The van der Waals surface area contributed by atoms with E-state index in [-0.39, 0.29) is 0 Å².